The van der Waals surface area contributed by atoms with E-state index in [-0.39, 0.29) is 49.6 Å². The minimum atomic E-state index is -1.76. The molecule has 0 radical (unpaired) electrons. The molecule has 396 valence electrons. The summed E-state index contributed by atoms with van der Waals surface area (Å²) in [6.45, 7) is 21.6. The fourth-order valence-electron chi connectivity index (χ4n) is 9.87. The first-order valence-electron chi connectivity index (χ1n) is 25.9. The maximum absolute atomic E-state index is 13.0. The monoisotopic (exact) mass is 1060 g/mol. The Morgan fingerprint density at radius 2 is 0.789 bits per heavy atom. The number of methoxy groups -OCH3 is 4. The molecule has 0 saturated heterocycles. The number of nitrogens with one attached hydrogen (secondary N) is 4. The van der Waals surface area contributed by atoms with Gasteiger partial charge >= 0.3 is 23.9 Å². The van der Waals surface area contributed by atoms with Crippen LogP contribution in [0.25, 0.3) is 23.3 Å². The fourth-order valence-corrected chi connectivity index (χ4v) is 10.9. The van der Waals surface area contributed by atoms with Gasteiger partial charge in [-0.25, -0.2) is 0 Å². The summed E-state index contributed by atoms with van der Waals surface area (Å²) in [6, 6.07) is 16.5. The largest absolute Gasteiger partial charge is 0.469 e. The molecule has 4 aromatic heterocycles. The molecule has 0 amide bonds. The van der Waals surface area contributed by atoms with Gasteiger partial charge in [0.2, 0.25) is 0 Å². The molecule has 0 unspecified atom stereocenters. The summed E-state index contributed by atoms with van der Waals surface area (Å²) in [5, 5.41) is 3.20. The van der Waals surface area contributed by atoms with Crippen LogP contribution in [0.15, 0.2) is 48.5 Å². The van der Waals surface area contributed by atoms with Crippen molar-refractivity contribution in [3.8, 4) is 22.9 Å². The van der Waals surface area contributed by atoms with Crippen LogP contribution in [-0.4, -0.2) is 88.4 Å². The van der Waals surface area contributed by atoms with Gasteiger partial charge in [0, 0.05) is 70.0 Å². The van der Waals surface area contributed by atoms with Crippen LogP contribution in [0.5, 0.6) is 0 Å². The van der Waals surface area contributed by atoms with E-state index in [1.54, 1.807) is 0 Å². The SMILES string of the molecule is COC(=O)CCc1c2[nH]c(c1C)/C(c1cccc(C#C[Si](C)(C)C)c1)=c1\[nH]/c(c(CCC(=O)OC)c1C)=C\c1[nH]c(c(C)c1CCC(=O)OC)/C(c1cccc(C#C[Si](C)(C)C)c1)=c1\[nH]/c(c(CCC(=O)OC)c1C)=C\2. The van der Waals surface area contributed by atoms with Crippen molar-refractivity contribution < 1.29 is 38.1 Å². The molecule has 7 rings (SSSR count). The number of benzene rings is 2. The standard InChI is InChI=1S/C62H72N4O8Si2/c1-37-45(21-25-53(67)71-5)49-35-50-47(23-27-55(69)73-7)39(3)61(65-50)58(44-20-16-18-42(34-44)30-32-76(12,13)14)62-40(4)48(24-28-56(70)74-8)52(66-62)36-51-46(22-26-54(68)72-6)38(2)60(64-51)57(59(37)63-49)43-19-15-17-41(33-43)29-31-75(9,10)11/h15-20,33-36,63-66H,21-28H2,1-14H3/b49-35-,50-35?,51-36?,52-36-,59-57-,60-57?,61-58?,62-58-. The third-order valence-electron chi connectivity index (χ3n) is 13.9. The molecule has 2 aromatic carbocycles. The van der Waals surface area contributed by atoms with E-state index in [0.29, 0.717) is 25.7 Å². The molecule has 1 aliphatic rings. The van der Waals surface area contributed by atoms with Crippen LogP contribution >= 0.6 is 0 Å². The van der Waals surface area contributed by atoms with E-state index in [9.17, 15) is 19.2 Å². The second-order valence-electron chi connectivity index (χ2n) is 21.6. The van der Waals surface area contributed by atoms with E-state index >= 15 is 0 Å². The Hall–Kier alpha value is -7.53. The maximum atomic E-state index is 13.0. The lowest BCUT2D eigenvalue weighted by Crippen LogP contribution is -2.18. The molecule has 0 spiro atoms. The van der Waals surface area contributed by atoms with Crippen molar-refractivity contribution in [2.45, 2.75) is 118 Å². The average Bonchev–Trinajstić information content (AvgIpc) is 4.08. The number of hydrogen-bond acceptors (Lipinski definition) is 8. The first kappa shape index (κ1) is 56.2. The Morgan fingerprint density at radius 3 is 1.11 bits per heavy atom. The molecule has 1 aliphatic heterocycles. The van der Waals surface area contributed by atoms with Crippen LogP contribution in [0.4, 0.5) is 0 Å². The van der Waals surface area contributed by atoms with E-state index in [1.807, 2.05) is 24.3 Å². The smallest absolute Gasteiger partial charge is 0.305 e. The Balaban J connectivity index is 1.75. The summed E-state index contributed by atoms with van der Waals surface area (Å²) in [7, 11) is 2.09. The summed E-state index contributed by atoms with van der Waals surface area (Å²) in [5.41, 5.74) is 23.0. The highest BCUT2D eigenvalue weighted by atomic mass is 28.3. The molecule has 0 fully saturated rings. The summed E-state index contributed by atoms with van der Waals surface area (Å²) in [6.07, 6.45) is 6.21. The zero-order valence-electron chi connectivity index (χ0n) is 46.7. The van der Waals surface area contributed by atoms with Gasteiger partial charge in [0.05, 0.1) is 50.5 Å². The second-order valence-corrected chi connectivity index (χ2v) is 31.1. The highest BCUT2D eigenvalue weighted by molar-refractivity contribution is 6.84. The minimum Gasteiger partial charge on any atom is -0.469 e. The van der Waals surface area contributed by atoms with E-state index in [2.05, 4.69) is 146 Å². The third-order valence-corrected chi connectivity index (χ3v) is 15.7. The van der Waals surface area contributed by atoms with Gasteiger partial charge in [-0.2, -0.15) is 0 Å². The molecule has 12 nitrogen and oxygen atoms in total. The van der Waals surface area contributed by atoms with Gasteiger partial charge in [-0.15, -0.1) is 11.1 Å². The Morgan fingerprint density at radius 1 is 0.461 bits per heavy atom. The lowest BCUT2D eigenvalue weighted by atomic mass is 9.94. The second kappa shape index (κ2) is 23.6. The number of H-pyrrole nitrogens is 4. The number of carbonyl (C=O) groups is 4. The van der Waals surface area contributed by atoms with Gasteiger partial charge in [-0.1, -0.05) is 75.4 Å². The molecule has 0 atom stereocenters. The molecular formula is C62H72N4O8Si2. The summed E-state index contributed by atoms with van der Waals surface area (Å²) in [5.74, 6) is 5.62. The van der Waals surface area contributed by atoms with E-state index in [4.69, 9.17) is 18.9 Å². The van der Waals surface area contributed by atoms with Gasteiger partial charge in [0.25, 0.3) is 0 Å². The van der Waals surface area contributed by atoms with Crippen molar-refractivity contribution >= 4 is 63.3 Å². The zero-order chi connectivity index (χ0) is 55.2. The van der Waals surface area contributed by atoms with Crippen LogP contribution < -0.4 is 21.4 Å². The molecule has 0 saturated carbocycles. The average molecular weight is 1060 g/mol. The van der Waals surface area contributed by atoms with Crippen molar-refractivity contribution in [3.63, 3.8) is 0 Å². The number of carbonyl (C=O) groups excluding carboxylic acids is 4. The van der Waals surface area contributed by atoms with Gasteiger partial charge in [-0.3, -0.25) is 19.2 Å². The summed E-state index contributed by atoms with van der Waals surface area (Å²) in [4.78, 5) is 67.6. The van der Waals surface area contributed by atoms with E-state index in [0.717, 1.165) is 122 Å². The predicted molar refractivity (Wildman–Crippen MR) is 306 cm³/mol. The molecule has 76 heavy (non-hydrogen) atoms. The molecule has 14 heteroatoms. The quantitative estimate of drug-likeness (QED) is 0.0375. The van der Waals surface area contributed by atoms with Gasteiger partial charge in [-0.05, 0) is 145 Å². The molecule has 4 N–H and O–H groups in total. The topological polar surface area (TPSA) is 168 Å². The van der Waals surface area contributed by atoms with E-state index in [1.165, 1.54) is 28.4 Å². The Kier molecular flexibility index (Phi) is 17.4. The van der Waals surface area contributed by atoms with Crippen LogP contribution in [0.2, 0.25) is 39.3 Å². The number of fused-ring (bicyclic) bond motifs is 8. The lowest BCUT2D eigenvalue weighted by molar-refractivity contribution is -0.141. The van der Waals surface area contributed by atoms with Crippen LogP contribution in [0.3, 0.4) is 0 Å². The van der Waals surface area contributed by atoms with Crippen LogP contribution in [0.1, 0.15) is 115 Å². The van der Waals surface area contributed by atoms with Crippen LogP contribution in [-0.2, 0) is 63.8 Å². The zero-order valence-corrected chi connectivity index (χ0v) is 48.7. The minimum absolute atomic E-state index is 0.135. The highest BCUT2D eigenvalue weighted by Crippen LogP contribution is 2.33. The van der Waals surface area contributed by atoms with E-state index < -0.39 is 16.1 Å². The number of rotatable bonds is 14. The van der Waals surface area contributed by atoms with Crippen LogP contribution in [0, 0.1) is 50.6 Å². The number of aromatic amines is 4. The Bertz CT molecular complexity index is 3420. The third kappa shape index (κ3) is 12.9. The number of hydrogen-bond donors (Lipinski definition) is 4. The van der Waals surface area contributed by atoms with Crippen molar-refractivity contribution in [3.05, 3.63) is 159 Å². The van der Waals surface area contributed by atoms with Crippen molar-refractivity contribution in [1.82, 2.24) is 19.9 Å². The maximum Gasteiger partial charge on any atom is 0.305 e. The van der Waals surface area contributed by atoms with Crippen molar-refractivity contribution in [2.24, 2.45) is 0 Å². The summed E-state index contributed by atoms with van der Waals surface area (Å²) < 4.78 is 20.8. The van der Waals surface area contributed by atoms with Gasteiger partial charge < -0.3 is 38.9 Å². The fraction of sp³-hybridized carbons (Fsp3) is 0.355. The first-order valence-corrected chi connectivity index (χ1v) is 32.9. The predicted octanol–water partition coefficient (Wildman–Crippen LogP) is 7.58. The normalized spacial score (nSPS) is 14.4. The molecule has 5 heterocycles. The molecular weight excluding hydrogens is 985 g/mol. The summed E-state index contributed by atoms with van der Waals surface area (Å²) >= 11 is 0. The highest BCUT2D eigenvalue weighted by Gasteiger charge is 2.26. The Labute approximate surface area is 448 Å². The first-order chi connectivity index (χ1) is 36.0. The molecule has 6 aromatic rings. The van der Waals surface area contributed by atoms with Gasteiger partial charge in [0.15, 0.2) is 0 Å². The van der Waals surface area contributed by atoms with Crippen molar-refractivity contribution in [2.75, 3.05) is 28.4 Å². The molecule has 0 aliphatic carbocycles. The number of aromatic nitrogens is 4. The van der Waals surface area contributed by atoms with Crippen molar-refractivity contribution in [1.29, 1.82) is 0 Å². The lowest BCUT2D eigenvalue weighted by Gasteiger charge is -2.10. The molecule has 8 bridgehead atoms. The number of esters is 4. The van der Waals surface area contributed by atoms with Gasteiger partial charge in [0.1, 0.15) is 16.1 Å². The number of ether oxygens (including phenoxy) is 4.